The van der Waals surface area contributed by atoms with E-state index in [9.17, 15) is 4.79 Å². The Hall–Kier alpha value is -1.99. The third-order valence-corrected chi connectivity index (χ3v) is 2.60. The van der Waals surface area contributed by atoms with Crippen LogP contribution in [0.4, 0.5) is 10.5 Å². The minimum atomic E-state index is -0.323. The Morgan fingerprint density at radius 1 is 1.44 bits per heavy atom. The van der Waals surface area contributed by atoms with Crippen LogP contribution in [0.15, 0.2) is 30.3 Å². The zero-order valence-electron chi connectivity index (χ0n) is 10.3. The number of hydrogen-bond acceptors (Lipinski definition) is 3. The van der Waals surface area contributed by atoms with Crippen LogP contribution < -0.4 is 4.90 Å². The fourth-order valence-corrected chi connectivity index (χ4v) is 1.74. The van der Waals surface area contributed by atoms with E-state index in [1.165, 1.54) is 0 Å². The lowest BCUT2D eigenvalue weighted by Crippen LogP contribution is -2.25. The van der Waals surface area contributed by atoms with E-state index >= 15 is 0 Å². The zero-order valence-corrected chi connectivity index (χ0v) is 10.3. The van der Waals surface area contributed by atoms with Gasteiger partial charge >= 0.3 is 6.09 Å². The molecule has 4 heteroatoms. The van der Waals surface area contributed by atoms with Gasteiger partial charge < -0.3 is 9.47 Å². The van der Waals surface area contributed by atoms with Crippen molar-refractivity contribution in [2.24, 2.45) is 0 Å². The Morgan fingerprint density at radius 3 is 2.94 bits per heavy atom. The second kappa shape index (κ2) is 6.08. The number of amides is 1. The lowest BCUT2D eigenvalue weighted by Gasteiger charge is -2.12. The van der Waals surface area contributed by atoms with Crippen molar-refractivity contribution in [1.29, 1.82) is 0 Å². The SMILES string of the molecule is CC#CCOC[C@@H]1CN(c2ccccc2)C(=O)O1. The molecular formula is C14H15NO3. The number of carbonyl (C=O) groups excluding carboxylic acids is 1. The number of para-hydroxylation sites is 1. The molecule has 2 rings (SSSR count). The van der Waals surface area contributed by atoms with Crippen LogP contribution in [0.3, 0.4) is 0 Å². The van der Waals surface area contributed by atoms with Crippen LogP contribution in [0.25, 0.3) is 0 Å². The highest BCUT2D eigenvalue weighted by Gasteiger charge is 2.32. The number of benzene rings is 1. The monoisotopic (exact) mass is 245 g/mol. The summed E-state index contributed by atoms with van der Waals surface area (Å²) in [6.07, 6.45) is -0.548. The molecule has 1 aliphatic heterocycles. The third kappa shape index (κ3) is 3.02. The smallest absolute Gasteiger partial charge is 0.414 e. The lowest BCUT2D eigenvalue weighted by atomic mass is 10.3. The first-order valence-electron chi connectivity index (χ1n) is 5.82. The largest absolute Gasteiger partial charge is 0.441 e. The summed E-state index contributed by atoms with van der Waals surface area (Å²) in [5.41, 5.74) is 0.846. The van der Waals surface area contributed by atoms with E-state index in [0.717, 1.165) is 5.69 Å². The van der Waals surface area contributed by atoms with Crippen molar-refractivity contribution in [3.8, 4) is 11.8 Å². The molecule has 0 N–H and O–H groups in total. The number of anilines is 1. The van der Waals surface area contributed by atoms with Crippen LogP contribution in [-0.4, -0.2) is 32.0 Å². The van der Waals surface area contributed by atoms with Gasteiger partial charge in [-0.15, -0.1) is 5.92 Å². The molecule has 0 aromatic heterocycles. The van der Waals surface area contributed by atoms with E-state index < -0.39 is 0 Å². The molecule has 94 valence electrons. The van der Waals surface area contributed by atoms with Gasteiger partial charge in [-0.3, -0.25) is 4.90 Å². The number of hydrogen-bond donors (Lipinski definition) is 0. The quantitative estimate of drug-likeness (QED) is 0.602. The van der Waals surface area contributed by atoms with E-state index in [1.807, 2.05) is 30.3 Å². The Balaban J connectivity index is 1.88. The van der Waals surface area contributed by atoms with Gasteiger partial charge in [0.05, 0.1) is 13.2 Å². The summed E-state index contributed by atoms with van der Waals surface area (Å²) in [6.45, 7) is 3.03. The van der Waals surface area contributed by atoms with Crippen LogP contribution in [0.2, 0.25) is 0 Å². The predicted octanol–water partition coefficient (Wildman–Crippen LogP) is 2.05. The number of cyclic esters (lactones) is 1. The van der Waals surface area contributed by atoms with Crippen molar-refractivity contribution in [3.05, 3.63) is 30.3 Å². The van der Waals surface area contributed by atoms with Crippen molar-refractivity contribution < 1.29 is 14.3 Å². The minimum absolute atomic E-state index is 0.226. The summed E-state index contributed by atoms with van der Waals surface area (Å²) in [7, 11) is 0. The molecule has 1 aliphatic rings. The average molecular weight is 245 g/mol. The Labute approximate surface area is 106 Å². The summed E-state index contributed by atoms with van der Waals surface area (Å²) in [6, 6.07) is 9.46. The second-order valence-corrected chi connectivity index (χ2v) is 3.89. The third-order valence-electron chi connectivity index (χ3n) is 2.60. The Kier molecular flexibility index (Phi) is 4.21. The van der Waals surface area contributed by atoms with Gasteiger partial charge in [0.1, 0.15) is 12.7 Å². The summed E-state index contributed by atoms with van der Waals surface area (Å²) in [5, 5.41) is 0. The van der Waals surface area contributed by atoms with Gasteiger partial charge in [0, 0.05) is 5.69 Å². The van der Waals surface area contributed by atoms with Gasteiger partial charge in [0.25, 0.3) is 0 Å². The molecule has 0 bridgehead atoms. The maximum absolute atomic E-state index is 11.7. The molecule has 0 saturated carbocycles. The number of ether oxygens (including phenoxy) is 2. The first-order chi connectivity index (χ1) is 8.81. The number of carbonyl (C=O) groups is 1. The molecule has 1 aromatic rings. The molecule has 1 amide bonds. The van der Waals surface area contributed by atoms with Crippen molar-refractivity contribution in [2.45, 2.75) is 13.0 Å². The number of nitrogens with zero attached hydrogens (tertiary/aromatic N) is 1. The highest BCUT2D eigenvalue weighted by molar-refractivity contribution is 5.89. The first kappa shape index (κ1) is 12.5. The molecule has 1 saturated heterocycles. The fraction of sp³-hybridized carbons (Fsp3) is 0.357. The summed E-state index contributed by atoms with van der Waals surface area (Å²) >= 11 is 0. The molecule has 0 radical (unpaired) electrons. The van der Waals surface area contributed by atoms with E-state index in [1.54, 1.807) is 11.8 Å². The van der Waals surface area contributed by atoms with Crippen molar-refractivity contribution >= 4 is 11.8 Å². The lowest BCUT2D eigenvalue weighted by molar-refractivity contribution is 0.0598. The highest BCUT2D eigenvalue weighted by Crippen LogP contribution is 2.20. The molecule has 1 fully saturated rings. The van der Waals surface area contributed by atoms with E-state index in [0.29, 0.717) is 19.8 Å². The van der Waals surface area contributed by atoms with Gasteiger partial charge in [-0.05, 0) is 19.1 Å². The van der Waals surface area contributed by atoms with Crippen LogP contribution in [0.5, 0.6) is 0 Å². The molecule has 0 aliphatic carbocycles. The van der Waals surface area contributed by atoms with Crippen LogP contribution >= 0.6 is 0 Å². The molecule has 18 heavy (non-hydrogen) atoms. The molecule has 1 atom stereocenters. The molecule has 0 spiro atoms. The first-order valence-corrected chi connectivity index (χ1v) is 5.82. The summed E-state index contributed by atoms with van der Waals surface area (Å²) < 4.78 is 10.5. The molecule has 0 unspecified atom stereocenters. The second-order valence-electron chi connectivity index (χ2n) is 3.89. The Morgan fingerprint density at radius 2 is 2.22 bits per heavy atom. The maximum Gasteiger partial charge on any atom is 0.414 e. The molecule has 4 nitrogen and oxygen atoms in total. The average Bonchev–Trinajstić information content (AvgIpc) is 2.77. The number of rotatable bonds is 4. The van der Waals surface area contributed by atoms with Gasteiger partial charge in [0.2, 0.25) is 0 Å². The Bertz CT molecular complexity index is 461. The normalized spacial score (nSPS) is 18.2. The molecule has 1 heterocycles. The standard InChI is InChI=1S/C14H15NO3/c1-2-3-9-17-11-13-10-15(14(16)18-13)12-7-5-4-6-8-12/h4-8,13H,9-11H2,1H3/t13-/m0/s1. The van der Waals surface area contributed by atoms with Crippen LogP contribution in [-0.2, 0) is 9.47 Å². The van der Waals surface area contributed by atoms with Crippen LogP contribution in [0, 0.1) is 11.8 Å². The summed E-state index contributed by atoms with van der Waals surface area (Å²) in [5.74, 6) is 5.54. The van der Waals surface area contributed by atoms with E-state index in [4.69, 9.17) is 9.47 Å². The zero-order chi connectivity index (χ0) is 12.8. The van der Waals surface area contributed by atoms with Crippen molar-refractivity contribution in [2.75, 3.05) is 24.7 Å². The molecule has 1 aromatic carbocycles. The van der Waals surface area contributed by atoms with E-state index in [-0.39, 0.29) is 12.2 Å². The van der Waals surface area contributed by atoms with Gasteiger partial charge in [0.15, 0.2) is 0 Å². The van der Waals surface area contributed by atoms with Gasteiger partial charge in [-0.1, -0.05) is 24.1 Å². The fourth-order valence-electron chi connectivity index (χ4n) is 1.74. The van der Waals surface area contributed by atoms with Crippen molar-refractivity contribution in [3.63, 3.8) is 0 Å². The highest BCUT2D eigenvalue weighted by atomic mass is 16.6. The predicted molar refractivity (Wildman–Crippen MR) is 68.3 cm³/mol. The van der Waals surface area contributed by atoms with Gasteiger partial charge in [-0.2, -0.15) is 0 Å². The molecular weight excluding hydrogens is 230 g/mol. The minimum Gasteiger partial charge on any atom is -0.441 e. The summed E-state index contributed by atoms with van der Waals surface area (Å²) in [4.78, 5) is 13.3. The van der Waals surface area contributed by atoms with Crippen LogP contribution in [0.1, 0.15) is 6.92 Å². The maximum atomic E-state index is 11.7. The van der Waals surface area contributed by atoms with Crippen molar-refractivity contribution in [1.82, 2.24) is 0 Å². The topological polar surface area (TPSA) is 38.8 Å². The van der Waals surface area contributed by atoms with Gasteiger partial charge in [-0.25, -0.2) is 4.79 Å². The van der Waals surface area contributed by atoms with E-state index in [2.05, 4.69) is 11.8 Å².